The third-order valence-corrected chi connectivity index (χ3v) is 1.49. The van der Waals surface area contributed by atoms with E-state index >= 15 is 0 Å². The molecule has 6 heteroatoms. The van der Waals surface area contributed by atoms with E-state index in [4.69, 9.17) is 34.8 Å². The maximum absolute atomic E-state index is 5.52. The van der Waals surface area contributed by atoms with Gasteiger partial charge in [0, 0.05) is 12.7 Å². The van der Waals surface area contributed by atoms with Gasteiger partial charge in [0.2, 0.25) is 0 Å². The van der Waals surface area contributed by atoms with Crippen LogP contribution in [0.5, 0.6) is 0 Å². The molecule has 1 rings (SSSR count). The molecule has 0 saturated carbocycles. The number of hydrogen-bond acceptors (Lipinski definition) is 3. The van der Waals surface area contributed by atoms with Crippen molar-refractivity contribution in [1.82, 2.24) is 16.0 Å². The summed E-state index contributed by atoms with van der Waals surface area (Å²) in [6.07, 6.45) is 3.49. The Morgan fingerprint density at radius 2 is 2.10 bits per heavy atom. The van der Waals surface area contributed by atoms with E-state index in [0.717, 1.165) is 6.54 Å². The summed E-state index contributed by atoms with van der Waals surface area (Å²) in [7, 11) is 0. The number of nitrogens with one attached hydrogen (secondary N) is 2. The smallest absolute Gasteiger partial charge is 0.255 e. The Bertz CT molecular complexity index is 141. The molecule has 0 amide bonds. The summed E-state index contributed by atoms with van der Waals surface area (Å²) in [4.78, 5) is 0. The molecule has 0 saturated heterocycles. The molecule has 0 spiro atoms. The van der Waals surface area contributed by atoms with Crippen LogP contribution in [0.3, 0.4) is 0 Å². The van der Waals surface area contributed by atoms with Gasteiger partial charge in [-0.25, -0.2) is 5.43 Å². The summed E-state index contributed by atoms with van der Waals surface area (Å²) >= 11 is 16.5. The molecule has 1 aliphatic rings. The van der Waals surface area contributed by atoms with Crippen molar-refractivity contribution in [2.24, 2.45) is 0 Å². The molecule has 0 bridgehead atoms. The van der Waals surface area contributed by atoms with Crippen LogP contribution in [0.2, 0.25) is 0 Å². The van der Waals surface area contributed by atoms with Crippen molar-refractivity contribution in [2.75, 3.05) is 6.54 Å². The second-order valence-electron chi connectivity index (χ2n) is 1.72. The third-order valence-electron chi connectivity index (χ3n) is 0.947. The molecular formula is C4H6Cl3N3. The quantitative estimate of drug-likeness (QED) is 0.456. The van der Waals surface area contributed by atoms with E-state index in [1.165, 1.54) is 5.01 Å². The Morgan fingerprint density at radius 1 is 1.40 bits per heavy atom. The van der Waals surface area contributed by atoms with Crippen molar-refractivity contribution in [3.05, 3.63) is 12.3 Å². The van der Waals surface area contributed by atoms with Crippen LogP contribution < -0.4 is 11.0 Å². The topological polar surface area (TPSA) is 27.3 Å². The minimum atomic E-state index is -1.44. The Balaban J connectivity index is 2.55. The molecule has 1 aliphatic heterocycles. The first kappa shape index (κ1) is 8.43. The molecule has 1 heterocycles. The Labute approximate surface area is 73.8 Å². The number of hydrazine groups is 2. The summed E-state index contributed by atoms with van der Waals surface area (Å²) in [6, 6.07) is 0. The standard InChI is InChI=1S/C4H6Cl3N3/c5-4(6,7)10-3-1-2-8-9-10/h1,3,8-9H,2H2. The predicted molar refractivity (Wildman–Crippen MR) is 42.4 cm³/mol. The van der Waals surface area contributed by atoms with Crippen LogP contribution in [-0.2, 0) is 0 Å². The highest BCUT2D eigenvalue weighted by Gasteiger charge is 2.27. The molecule has 0 aliphatic carbocycles. The van der Waals surface area contributed by atoms with Crippen LogP contribution in [0.1, 0.15) is 0 Å². The molecule has 10 heavy (non-hydrogen) atoms. The predicted octanol–water partition coefficient (Wildman–Crippen LogP) is 1.15. The van der Waals surface area contributed by atoms with Crippen LogP contribution in [0.25, 0.3) is 0 Å². The lowest BCUT2D eigenvalue weighted by Gasteiger charge is -2.30. The number of rotatable bonds is 0. The van der Waals surface area contributed by atoms with Crippen molar-refractivity contribution in [3.63, 3.8) is 0 Å². The van der Waals surface area contributed by atoms with E-state index in [-0.39, 0.29) is 0 Å². The molecule has 2 N–H and O–H groups in total. The fourth-order valence-corrected chi connectivity index (χ4v) is 0.829. The average molecular weight is 202 g/mol. The highest BCUT2D eigenvalue weighted by atomic mass is 35.6. The van der Waals surface area contributed by atoms with Crippen molar-refractivity contribution in [2.45, 2.75) is 3.92 Å². The summed E-state index contributed by atoms with van der Waals surface area (Å²) in [5.74, 6) is 0. The van der Waals surface area contributed by atoms with Gasteiger partial charge in [-0.2, -0.15) is 5.53 Å². The molecule has 0 atom stereocenters. The minimum Gasteiger partial charge on any atom is -0.255 e. The fraction of sp³-hybridized carbons (Fsp3) is 0.500. The molecule has 0 aromatic heterocycles. The van der Waals surface area contributed by atoms with Crippen LogP contribution in [-0.4, -0.2) is 15.5 Å². The normalized spacial score (nSPS) is 19.7. The highest BCUT2D eigenvalue weighted by molar-refractivity contribution is 6.67. The summed E-state index contributed by atoms with van der Waals surface area (Å²) in [6.45, 7) is 0.719. The van der Waals surface area contributed by atoms with Gasteiger partial charge in [-0.1, -0.05) is 40.9 Å². The van der Waals surface area contributed by atoms with E-state index in [9.17, 15) is 0 Å². The Hall–Kier alpha value is 0.330. The van der Waals surface area contributed by atoms with Gasteiger partial charge in [0.25, 0.3) is 3.92 Å². The van der Waals surface area contributed by atoms with Crippen LogP contribution in [0, 0.1) is 0 Å². The number of alkyl halides is 3. The van der Waals surface area contributed by atoms with Crippen molar-refractivity contribution >= 4 is 34.8 Å². The van der Waals surface area contributed by atoms with Crippen LogP contribution in [0.4, 0.5) is 0 Å². The first-order chi connectivity index (χ1) is 4.61. The van der Waals surface area contributed by atoms with Crippen LogP contribution >= 0.6 is 34.8 Å². The summed E-state index contributed by atoms with van der Waals surface area (Å²) in [5.41, 5.74) is 5.44. The van der Waals surface area contributed by atoms with E-state index in [0.29, 0.717) is 0 Å². The zero-order valence-corrected chi connectivity index (χ0v) is 7.21. The number of halogens is 3. The van der Waals surface area contributed by atoms with Crippen molar-refractivity contribution < 1.29 is 0 Å². The third kappa shape index (κ3) is 2.18. The zero-order valence-electron chi connectivity index (χ0n) is 4.94. The Kier molecular flexibility index (Phi) is 2.66. The van der Waals surface area contributed by atoms with Gasteiger partial charge in [-0.05, 0) is 0 Å². The van der Waals surface area contributed by atoms with Crippen molar-refractivity contribution in [3.8, 4) is 0 Å². The van der Waals surface area contributed by atoms with Gasteiger partial charge in [-0.15, -0.1) is 0 Å². The van der Waals surface area contributed by atoms with Gasteiger partial charge in [0.1, 0.15) is 0 Å². The molecule has 0 fully saturated rings. The van der Waals surface area contributed by atoms with Crippen molar-refractivity contribution in [1.29, 1.82) is 0 Å². The van der Waals surface area contributed by atoms with E-state index in [1.807, 2.05) is 6.08 Å². The fourth-order valence-electron chi connectivity index (χ4n) is 0.533. The lowest BCUT2D eigenvalue weighted by Crippen LogP contribution is -2.52. The van der Waals surface area contributed by atoms with Gasteiger partial charge in [-0.3, -0.25) is 5.01 Å². The van der Waals surface area contributed by atoms with E-state index in [1.54, 1.807) is 6.20 Å². The lowest BCUT2D eigenvalue weighted by atomic mass is 10.6. The SMILES string of the molecule is ClC(Cl)(Cl)N1C=CCNN1. The van der Waals surface area contributed by atoms with E-state index < -0.39 is 3.92 Å². The van der Waals surface area contributed by atoms with Gasteiger partial charge >= 0.3 is 0 Å². The molecule has 58 valence electrons. The molecule has 0 aromatic carbocycles. The van der Waals surface area contributed by atoms with E-state index in [2.05, 4.69) is 11.0 Å². The summed E-state index contributed by atoms with van der Waals surface area (Å²) in [5, 5.41) is 1.33. The lowest BCUT2D eigenvalue weighted by molar-refractivity contribution is 0.214. The maximum atomic E-state index is 5.52. The van der Waals surface area contributed by atoms with Gasteiger partial charge in [0.15, 0.2) is 0 Å². The van der Waals surface area contributed by atoms with Crippen LogP contribution in [0.15, 0.2) is 12.3 Å². The highest BCUT2D eigenvalue weighted by Crippen LogP contribution is 2.29. The van der Waals surface area contributed by atoms with Gasteiger partial charge < -0.3 is 0 Å². The second kappa shape index (κ2) is 3.15. The molecule has 0 unspecified atom stereocenters. The first-order valence-corrected chi connectivity index (χ1v) is 3.75. The first-order valence-electron chi connectivity index (χ1n) is 2.62. The molecule has 0 radical (unpaired) electrons. The van der Waals surface area contributed by atoms with Gasteiger partial charge in [0.05, 0.1) is 0 Å². The maximum Gasteiger partial charge on any atom is 0.282 e. The Morgan fingerprint density at radius 3 is 2.40 bits per heavy atom. The molecule has 0 aromatic rings. The summed E-state index contributed by atoms with van der Waals surface area (Å²) < 4.78 is -1.44. The molecule has 3 nitrogen and oxygen atoms in total. The monoisotopic (exact) mass is 201 g/mol. The average Bonchev–Trinajstić information content (AvgIpc) is 1.88. The second-order valence-corrected chi connectivity index (χ2v) is 3.94. The largest absolute Gasteiger partial charge is 0.282 e. The number of nitrogens with zero attached hydrogens (tertiary/aromatic N) is 1. The zero-order chi connectivity index (χ0) is 7.61. The molecular weight excluding hydrogens is 196 g/mol. The minimum absolute atomic E-state index is 0.719. The number of hydrogen-bond donors (Lipinski definition) is 2.